The lowest BCUT2D eigenvalue weighted by Crippen LogP contribution is -2.50. The first-order valence-corrected chi connectivity index (χ1v) is 4.88. The van der Waals surface area contributed by atoms with Crippen LogP contribution in [-0.2, 0) is 14.3 Å². The quantitative estimate of drug-likeness (QED) is 0.471. The van der Waals surface area contributed by atoms with Crippen LogP contribution in [0.2, 0.25) is 0 Å². The highest BCUT2D eigenvalue weighted by Crippen LogP contribution is 2.15. The van der Waals surface area contributed by atoms with Crippen molar-refractivity contribution in [3.05, 3.63) is 0 Å². The van der Waals surface area contributed by atoms with E-state index < -0.39 is 24.3 Å². The smallest absolute Gasteiger partial charge is 0.409 e. The van der Waals surface area contributed by atoms with Gasteiger partial charge in [-0.1, -0.05) is 0 Å². The normalized spacial score (nSPS) is 21.4. The summed E-state index contributed by atoms with van der Waals surface area (Å²) in [5.74, 6) is -0.694. The fourth-order valence-corrected chi connectivity index (χ4v) is 1.60. The SMILES string of the molecule is COC(=O)NC(O)C(=O)N1CCCC1C=O. The number of carbonyl (C=O) groups excluding carboxylic acids is 3. The maximum atomic E-state index is 11.6. The van der Waals surface area contributed by atoms with Gasteiger partial charge in [0.15, 0.2) is 0 Å². The Morgan fingerprint density at radius 3 is 2.88 bits per heavy atom. The van der Waals surface area contributed by atoms with Crippen LogP contribution in [0.4, 0.5) is 4.79 Å². The van der Waals surface area contributed by atoms with Gasteiger partial charge in [0, 0.05) is 6.54 Å². The van der Waals surface area contributed by atoms with E-state index in [2.05, 4.69) is 4.74 Å². The van der Waals surface area contributed by atoms with E-state index in [-0.39, 0.29) is 0 Å². The Hall–Kier alpha value is -1.63. The van der Waals surface area contributed by atoms with E-state index in [0.29, 0.717) is 25.7 Å². The first kappa shape index (κ1) is 12.4. The molecule has 1 heterocycles. The highest BCUT2D eigenvalue weighted by molar-refractivity contribution is 5.86. The standard InChI is InChI=1S/C9H14N2O5/c1-16-9(15)10-7(13)8(14)11-4-2-3-6(11)5-12/h5-7,13H,2-4H2,1H3,(H,10,15). The lowest BCUT2D eigenvalue weighted by Gasteiger charge is -2.23. The van der Waals surface area contributed by atoms with Gasteiger partial charge in [0.2, 0.25) is 6.23 Å². The molecule has 0 aromatic carbocycles. The Morgan fingerprint density at radius 2 is 2.31 bits per heavy atom. The van der Waals surface area contributed by atoms with Gasteiger partial charge in [-0.15, -0.1) is 0 Å². The molecule has 1 fully saturated rings. The second kappa shape index (κ2) is 5.45. The molecule has 0 aromatic rings. The largest absolute Gasteiger partial charge is 0.453 e. The van der Waals surface area contributed by atoms with E-state index >= 15 is 0 Å². The van der Waals surface area contributed by atoms with Crippen molar-refractivity contribution in [1.82, 2.24) is 10.2 Å². The topological polar surface area (TPSA) is 95.9 Å². The van der Waals surface area contributed by atoms with E-state index in [0.717, 1.165) is 7.11 Å². The van der Waals surface area contributed by atoms with Crippen LogP contribution >= 0.6 is 0 Å². The zero-order chi connectivity index (χ0) is 12.1. The number of nitrogens with zero attached hydrogens (tertiary/aromatic N) is 1. The van der Waals surface area contributed by atoms with Crippen LogP contribution in [0, 0.1) is 0 Å². The lowest BCUT2D eigenvalue weighted by molar-refractivity contribution is -0.143. The van der Waals surface area contributed by atoms with Crippen LogP contribution in [-0.4, -0.2) is 54.2 Å². The number of hydrogen-bond donors (Lipinski definition) is 2. The molecule has 1 saturated heterocycles. The molecule has 0 aromatic heterocycles. The molecule has 90 valence electrons. The number of aldehydes is 1. The van der Waals surface area contributed by atoms with Crippen molar-refractivity contribution in [3.63, 3.8) is 0 Å². The number of likely N-dealkylation sites (tertiary alicyclic amines) is 1. The maximum Gasteiger partial charge on any atom is 0.409 e. The number of amides is 2. The van der Waals surface area contributed by atoms with E-state index in [9.17, 15) is 19.5 Å². The van der Waals surface area contributed by atoms with Gasteiger partial charge < -0.3 is 19.5 Å². The summed E-state index contributed by atoms with van der Waals surface area (Å²) in [6, 6.07) is -0.512. The zero-order valence-corrected chi connectivity index (χ0v) is 8.88. The summed E-state index contributed by atoms with van der Waals surface area (Å²) in [5, 5.41) is 11.3. The molecule has 1 aliphatic rings. The third kappa shape index (κ3) is 2.69. The second-order valence-corrected chi connectivity index (χ2v) is 3.42. The van der Waals surface area contributed by atoms with E-state index in [1.807, 2.05) is 5.32 Å². The summed E-state index contributed by atoms with van der Waals surface area (Å²) in [4.78, 5) is 34.3. The number of carbonyl (C=O) groups is 3. The summed E-state index contributed by atoms with van der Waals surface area (Å²) in [6.07, 6.45) is -0.619. The van der Waals surface area contributed by atoms with Crippen LogP contribution < -0.4 is 5.32 Å². The van der Waals surface area contributed by atoms with Crippen LogP contribution in [0.3, 0.4) is 0 Å². The minimum Gasteiger partial charge on any atom is -0.453 e. The molecule has 0 spiro atoms. The van der Waals surface area contributed by atoms with Gasteiger partial charge in [-0.05, 0) is 12.8 Å². The lowest BCUT2D eigenvalue weighted by atomic mass is 10.2. The molecule has 2 atom stereocenters. The van der Waals surface area contributed by atoms with Gasteiger partial charge in [0.05, 0.1) is 13.2 Å². The van der Waals surface area contributed by atoms with Crippen molar-refractivity contribution in [3.8, 4) is 0 Å². The minimum atomic E-state index is -1.67. The van der Waals surface area contributed by atoms with Gasteiger partial charge in [-0.2, -0.15) is 0 Å². The molecule has 2 N–H and O–H groups in total. The van der Waals surface area contributed by atoms with Crippen molar-refractivity contribution in [2.24, 2.45) is 0 Å². The molecule has 7 nitrogen and oxygen atoms in total. The van der Waals surface area contributed by atoms with Gasteiger partial charge in [0.1, 0.15) is 6.29 Å². The first-order valence-electron chi connectivity index (χ1n) is 4.88. The minimum absolute atomic E-state index is 0.405. The van der Waals surface area contributed by atoms with Crippen LogP contribution in [0.15, 0.2) is 0 Å². The number of aliphatic hydroxyl groups is 1. The zero-order valence-electron chi connectivity index (χ0n) is 8.88. The number of methoxy groups -OCH3 is 1. The van der Waals surface area contributed by atoms with Gasteiger partial charge in [0.25, 0.3) is 5.91 Å². The van der Waals surface area contributed by atoms with Gasteiger partial charge in [-0.3, -0.25) is 10.1 Å². The third-order valence-electron chi connectivity index (χ3n) is 2.41. The molecule has 0 aliphatic carbocycles. The Bertz CT molecular complexity index is 294. The number of rotatable bonds is 3. The number of alkyl carbamates (subject to hydrolysis) is 1. The first-order chi connectivity index (χ1) is 7.60. The van der Waals surface area contributed by atoms with Crippen LogP contribution in [0.25, 0.3) is 0 Å². The van der Waals surface area contributed by atoms with E-state index in [1.54, 1.807) is 0 Å². The number of hydrogen-bond acceptors (Lipinski definition) is 5. The second-order valence-electron chi connectivity index (χ2n) is 3.42. The highest BCUT2D eigenvalue weighted by Gasteiger charge is 2.32. The summed E-state index contributed by atoms with van der Waals surface area (Å²) in [7, 11) is 1.12. The summed E-state index contributed by atoms with van der Waals surface area (Å²) in [5.41, 5.74) is 0. The Balaban J connectivity index is 2.56. The van der Waals surface area contributed by atoms with E-state index in [4.69, 9.17) is 0 Å². The van der Waals surface area contributed by atoms with Crippen molar-refractivity contribution < 1.29 is 24.2 Å². The van der Waals surface area contributed by atoms with Gasteiger partial charge >= 0.3 is 6.09 Å². The van der Waals surface area contributed by atoms with Crippen molar-refractivity contribution in [1.29, 1.82) is 0 Å². The maximum absolute atomic E-state index is 11.6. The fraction of sp³-hybridized carbons (Fsp3) is 0.667. The van der Waals surface area contributed by atoms with Crippen LogP contribution in [0.5, 0.6) is 0 Å². The predicted molar refractivity (Wildman–Crippen MR) is 52.3 cm³/mol. The number of ether oxygens (including phenoxy) is 1. The summed E-state index contributed by atoms with van der Waals surface area (Å²) >= 11 is 0. The molecule has 1 rings (SSSR count). The van der Waals surface area contributed by atoms with Crippen molar-refractivity contribution in [2.75, 3.05) is 13.7 Å². The highest BCUT2D eigenvalue weighted by atomic mass is 16.5. The van der Waals surface area contributed by atoms with Crippen LogP contribution in [0.1, 0.15) is 12.8 Å². The van der Waals surface area contributed by atoms with Gasteiger partial charge in [-0.25, -0.2) is 4.79 Å². The number of nitrogens with one attached hydrogen (secondary N) is 1. The van der Waals surface area contributed by atoms with E-state index in [1.165, 1.54) is 4.90 Å². The monoisotopic (exact) mass is 230 g/mol. The average molecular weight is 230 g/mol. The molecule has 0 bridgehead atoms. The molecule has 0 saturated carbocycles. The molecular weight excluding hydrogens is 216 g/mol. The molecule has 2 unspecified atom stereocenters. The van der Waals surface area contributed by atoms with Crippen molar-refractivity contribution >= 4 is 18.3 Å². The Labute approximate surface area is 92.4 Å². The molecule has 0 radical (unpaired) electrons. The molecular formula is C9H14N2O5. The average Bonchev–Trinajstić information content (AvgIpc) is 2.75. The Kier molecular flexibility index (Phi) is 4.24. The van der Waals surface area contributed by atoms with Crippen molar-refractivity contribution in [2.45, 2.75) is 25.1 Å². The molecule has 7 heteroatoms. The summed E-state index contributed by atoms with van der Waals surface area (Å²) in [6.45, 7) is 0.405. The third-order valence-corrected chi connectivity index (χ3v) is 2.41. The molecule has 2 amide bonds. The molecule has 16 heavy (non-hydrogen) atoms. The molecule has 1 aliphatic heterocycles. The fourth-order valence-electron chi connectivity index (χ4n) is 1.60. The number of aliphatic hydroxyl groups excluding tert-OH is 1. The predicted octanol–water partition coefficient (Wildman–Crippen LogP) is -1.15. The summed E-state index contributed by atoms with van der Waals surface area (Å²) < 4.78 is 4.24. The Morgan fingerprint density at radius 1 is 1.62 bits per heavy atom.